The summed E-state index contributed by atoms with van der Waals surface area (Å²) >= 11 is 24.1. The number of rotatable bonds is 4. The van der Waals surface area contributed by atoms with Crippen molar-refractivity contribution in [2.24, 2.45) is 0 Å². The van der Waals surface area contributed by atoms with Crippen molar-refractivity contribution in [3.63, 3.8) is 0 Å². The van der Waals surface area contributed by atoms with Gasteiger partial charge in [0.25, 0.3) is 5.91 Å². The topological polar surface area (TPSA) is 58.6 Å². The lowest BCUT2D eigenvalue weighted by Gasteiger charge is -2.34. The lowest BCUT2D eigenvalue weighted by atomic mass is 10.2. The SMILES string of the molecule is O=C(c1ccc(Cl)cc1Cl)N1CCN(c2nccc(Oc3cc(Cl)cc(Cl)c3)n2)CC1. The Balaban J connectivity index is 1.42. The average molecular weight is 498 g/mol. The molecule has 0 N–H and O–H groups in total. The van der Waals surface area contributed by atoms with Gasteiger partial charge in [0.05, 0.1) is 10.6 Å². The van der Waals surface area contributed by atoms with Crippen LogP contribution in [0.2, 0.25) is 20.1 Å². The second-order valence-corrected chi connectivity index (χ2v) is 8.52. The van der Waals surface area contributed by atoms with Gasteiger partial charge in [-0.05, 0) is 36.4 Å². The summed E-state index contributed by atoms with van der Waals surface area (Å²) < 4.78 is 5.77. The molecular formula is C21H16Cl4N4O2. The van der Waals surface area contributed by atoms with Gasteiger partial charge in [-0.15, -0.1) is 0 Å². The maximum absolute atomic E-state index is 12.8. The summed E-state index contributed by atoms with van der Waals surface area (Å²) in [7, 11) is 0. The van der Waals surface area contributed by atoms with Crippen LogP contribution in [0.5, 0.6) is 11.6 Å². The van der Waals surface area contributed by atoms with Gasteiger partial charge in [0.1, 0.15) is 5.75 Å². The first kappa shape index (κ1) is 22.0. The summed E-state index contributed by atoms with van der Waals surface area (Å²) in [6, 6.07) is 11.5. The van der Waals surface area contributed by atoms with Crippen molar-refractivity contribution in [1.29, 1.82) is 0 Å². The molecule has 6 nitrogen and oxygen atoms in total. The van der Waals surface area contributed by atoms with Gasteiger partial charge in [0, 0.05) is 53.5 Å². The Hall–Kier alpha value is -2.25. The number of carbonyl (C=O) groups is 1. The summed E-state index contributed by atoms with van der Waals surface area (Å²) in [4.78, 5) is 25.3. The van der Waals surface area contributed by atoms with Gasteiger partial charge in [0.2, 0.25) is 11.8 Å². The Kier molecular flexibility index (Phi) is 6.72. The molecule has 0 spiro atoms. The fourth-order valence-corrected chi connectivity index (χ4v) is 4.19. The molecule has 31 heavy (non-hydrogen) atoms. The molecular weight excluding hydrogens is 482 g/mol. The third-order valence-corrected chi connectivity index (χ3v) is 5.67. The Morgan fingerprint density at radius 2 is 1.58 bits per heavy atom. The van der Waals surface area contributed by atoms with Crippen LogP contribution in [0.1, 0.15) is 10.4 Å². The van der Waals surface area contributed by atoms with Gasteiger partial charge in [-0.3, -0.25) is 4.79 Å². The van der Waals surface area contributed by atoms with Crippen molar-refractivity contribution >= 4 is 58.3 Å². The normalized spacial score (nSPS) is 13.9. The zero-order chi connectivity index (χ0) is 22.0. The fraction of sp³-hybridized carbons (Fsp3) is 0.190. The summed E-state index contributed by atoms with van der Waals surface area (Å²) in [5.41, 5.74) is 0.436. The van der Waals surface area contributed by atoms with E-state index in [1.807, 2.05) is 4.90 Å². The molecule has 1 aliphatic rings. The molecule has 1 aliphatic heterocycles. The molecule has 3 aromatic rings. The summed E-state index contributed by atoms with van der Waals surface area (Å²) in [5.74, 6) is 1.24. The number of nitrogens with zero attached hydrogens (tertiary/aromatic N) is 4. The predicted molar refractivity (Wildman–Crippen MR) is 123 cm³/mol. The third kappa shape index (κ3) is 5.33. The van der Waals surface area contributed by atoms with Crippen LogP contribution >= 0.6 is 46.4 Å². The van der Waals surface area contributed by atoms with Gasteiger partial charge >= 0.3 is 0 Å². The van der Waals surface area contributed by atoms with E-state index in [1.54, 1.807) is 53.6 Å². The second-order valence-electron chi connectivity index (χ2n) is 6.81. The van der Waals surface area contributed by atoms with Crippen molar-refractivity contribution in [1.82, 2.24) is 14.9 Å². The van der Waals surface area contributed by atoms with Crippen LogP contribution in [0, 0.1) is 0 Å². The van der Waals surface area contributed by atoms with Crippen molar-refractivity contribution in [3.8, 4) is 11.6 Å². The Labute approximate surface area is 199 Å². The number of piperazine rings is 1. The summed E-state index contributed by atoms with van der Waals surface area (Å²) in [5, 5.41) is 1.77. The first-order valence-electron chi connectivity index (χ1n) is 9.35. The molecule has 0 saturated carbocycles. The number of ether oxygens (including phenoxy) is 1. The minimum absolute atomic E-state index is 0.128. The summed E-state index contributed by atoms with van der Waals surface area (Å²) in [6.45, 7) is 2.17. The monoisotopic (exact) mass is 496 g/mol. The minimum Gasteiger partial charge on any atom is -0.439 e. The largest absolute Gasteiger partial charge is 0.439 e. The molecule has 0 unspecified atom stereocenters. The van der Waals surface area contributed by atoms with Crippen LogP contribution in [-0.2, 0) is 0 Å². The molecule has 1 amide bonds. The Morgan fingerprint density at radius 3 is 2.26 bits per heavy atom. The molecule has 0 aliphatic carbocycles. The molecule has 0 radical (unpaired) electrons. The highest BCUT2D eigenvalue weighted by molar-refractivity contribution is 6.36. The van der Waals surface area contributed by atoms with E-state index in [1.165, 1.54) is 0 Å². The van der Waals surface area contributed by atoms with E-state index in [4.69, 9.17) is 51.1 Å². The van der Waals surface area contributed by atoms with Gasteiger partial charge in [-0.25, -0.2) is 4.98 Å². The molecule has 2 heterocycles. The number of anilines is 1. The van der Waals surface area contributed by atoms with E-state index in [9.17, 15) is 4.79 Å². The van der Waals surface area contributed by atoms with Crippen LogP contribution in [0.25, 0.3) is 0 Å². The lowest BCUT2D eigenvalue weighted by molar-refractivity contribution is 0.0746. The predicted octanol–water partition coefficient (Wildman–Crippen LogP) is 5.84. The highest BCUT2D eigenvalue weighted by atomic mass is 35.5. The second kappa shape index (κ2) is 9.49. The Morgan fingerprint density at radius 1 is 0.871 bits per heavy atom. The van der Waals surface area contributed by atoms with Crippen molar-refractivity contribution in [3.05, 3.63) is 74.3 Å². The number of halogens is 4. The molecule has 0 atom stereocenters. The number of benzene rings is 2. The standard InChI is InChI=1S/C21H16Cl4N4O2/c22-13-1-2-17(18(25)12-13)20(30)28-5-7-29(8-6-28)21-26-4-3-19(27-21)31-16-10-14(23)9-15(24)11-16/h1-4,9-12H,5-8H2. The third-order valence-electron chi connectivity index (χ3n) is 4.69. The highest BCUT2D eigenvalue weighted by Gasteiger charge is 2.25. The van der Waals surface area contributed by atoms with E-state index in [-0.39, 0.29) is 5.91 Å². The molecule has 4 rings (SSSR count). The molecule has 1 aromatic heterocycles. The van der Waals surface area contributed by atoms with Crippen LogP contribution in [0.3, 0.4) is 0 Å². The molecule has 1 saturated heterocycles. The van der Waals surface area contributed by atoms with Gasteiger partial charge in [0.15, 0.2) is 0 Å². The first-order chi connectivity index (χ1) is 14.9. The highest BCUT2D eigenvalue weighted by Crippen LogP contribution is 2.28. The zero-order valence-corrected chi connectivity index (χ0v) is 19.1. The quantitative estimate of drug-likeness (QED) is 0.452. The van der Waals surface area contributed by atoms with E-state index >= 15 is 0 Å². The Bertz CT molecular complexity index is 1100. The number of hydrogen-bond acceptors (Lipinski definition) is 5. The maximum Gasteiger partial charge on any atom is 0.255 e. The van der Waals surface area contributed by atoms with Crippen LogP contribution in [0.15, 0.2) is 48.7 Å². The number of hydrogen-bond donors (Lipinski definition) is 0. The molecule has 2 aromatic carbocycles. The van der Waals surface area contributed by atoms with Crippen molar-refractivity contribution in [2.45, 2.75) is 0 Å². The fourth-order valence-electron chi connectivity index (χ4n) is 3.19. The average Bonchev–Trinajstić information content (AvgIpc) is 2.73. The van der Waals surface area contributed by atoms with E-state index < -0.39 is 0 Å². The first-order valence-corrected chi connectivity index (χ1v) is 10.9. The molecule has 160 valence electrons. The van der Waals surface area contributed by atoms with Gasteiger partial charge < -0.3 is 14.5 Å². The van der Waals surface area contributed by atoms with Crippen molar-refractivity contribution in [2.75, 3.05) is 31.1 Å². The van der Waals surface area contributed by atoms with E-state index in [0.717, 1.165) is 0 Å². The molecule has 1 fully saturated rings. The summed E-state index contributed by atoms with van der Waals surface area (Å²) in [6.07, 6.45) is 1.62. The van der Waals surface area contributed by atoms with Crippen LogP contribution < -0.4 is 9.64 Å². The number of aromatic nitrogens is 2. The van der Waals surface area contributed by atoms with Gasteiger partial charge in [-0.1, -0.05) is 46.4 Å². The molecule has 10 heteroatoms. The number of carbonyl (C=O) groups excluding carboxylic acids is 1. The van der Waals surface area contributed by atoms with Gasteiger partial charge in [-0.2, -0.15) is 4.98 Å². The number of amides is 1. The smallest absolute Gasteiger partial charge is 0.255 e. The minimum atomic E-state index is -0.128. The van der Waals surface area contributed by atoms with Crippen LogP contribution in [0.4, 0.5) is 5.95 Å². The zero-order valence-electron chi connectivity index (χ0n) is 16.1. The maximum atomic E-state index is 12.8. The van der Waals surface area contributed by atoms with Crippen LogP contribution in [-0.4, -0.2) is 47.0 Å². The lowest BCUT2D eigenvalue weighted by Crippen LogP contribution is -2.49. The molecule has 0 bridgehead atoms. The van der Waals surface area contributed by atoms with E-state index in [0.29, 0.717) is 69.4 Å². The van der Waals surface area contributed by atoms with Crippen molar-refractivity contribution < 1.29 is 9.53 Å². The van der Waals surface area contributed by atoms with E-state index in [2.05, 4.69) is 9.97 Å².